The van der Waals surface area contributed by atoms with E-state index in [4.69, 9.17) is 11.6 Å². The molecule has 3 heterocycles. The Kier molecular flexibility index (Phi) is 3.32. The molecule has 0 saturated carbocycles. The van der Waals surface area contributed by atoms with E-state index >= 15 is 0 Å². The molecule has 6 heteroatoms. The number of aromatic nitrogens is 4. The zero-order valence-electron chi connectivity index (χ0n) is 10.1. The number of piperidine rings is 1. The van der Waals surface area contributed by atoms with Crippen molar-refractivity contribution in [1.29, 1.82) is 0 Å². The second-order valence-electron chi connectivity index (χ2n) is 4.73. The lowest BCUT2D eigenvalue weighted by atomic mass is 9.95. The predicted molar refractivity (Wildman–Crippen MR) is 72.0 cm³/mol. The Bertz CT molecular complexity index is 524. The summed E-state index contributed by atoms with van der Waals surface area (Å²) in [6, 6.07) is 0. The van der Waals surface area contributed by atoms with Crippen molar-refractivity contribution in [3.05, 3.63) is 12.7 Å². The first kappa shape index (κ1) is 11.7. The van der Waals surface area contributed by atoms with E-state index < -0.39 is 0 Å². The number of alkyl halides is 1. The number of nitrogens with zero attached hydrogens (tertiary/aromatic N) is 4. The zero-order chi connectivity index (χ0) is 12.4. The number of hydrogen-bond donors (Lipinski definition) is 1. The van der Waals surface area contributed by atoms with Gasteiger partial charge in [0, 0.05) is 19.0 Å². The van der Waals surface area contributed by atoms with Crippen LogP contribution in [-0.2, 0) is 0 Å². The molecule has 96 valence electrons. The van der Waals surface area contributed by atoms with Crippen LogP contribution in [0.1, 0.15) is 19.3 Å². The van der Waals surface area contributed by atoms with E-state index in [0.717, 1.165) is 42.4 Å². The average molecular weight is 266 g/mol. The lowest BCUT2D eigenvalue weighted by molar-refractivity contribution is 0.405. The number of halogens is 1. The highest BCUT2D eigenvalue weighted by molar-refractivity contribution is 6.17. The maximum Gasteiger partial charge on any atom is 0.182 e. The number of hydrogen-bond acceptors (Lipinski definition) is 4. The molecule has 0 aromatic carbocycles. The van der Waals surface area contributed by atoms with Gasteiger partial charge in [-0.3, -0.25) is 0 Å². The molecule has 0 amide bonds. The summed E-state index contributed by atoms with van der Waals surface area (Å²) in [7, 11) is 0. The topological polar surface area (TPSA) is 57.7 Å². The summed E-state index contributed by atoms with van der Waals surface area (Å²) in [5, 5.41) is 0. The summed E-state index contributed by atoms with van der Waals surface area (Å²) in [5.74, 6) is 2.38. The number of rotatable bonds is 3. The Morgan fingerprint density at radius 2 is 2.33 bits per heavy atom. The molecule has 2 aromatic heterocycles. The molecule has 0 aliphatic carbocycles. The minimum absolute atomic E-state index is 0.671. The minimum atomic E-state index is 0.671. The van der Waals surface area contributed by atoms with E-state index in [1.807, 2.05) is 0 Å². The van der Waals surface area contributed by atoms with Crippen molar-refractivity contribution in [2.45, 2.75) is 19.3 Å². The van der Waals surface area contributed by atoms with Crippen LogP contribution < -0.4 is 4.90 Å². The summed E-state index contributed by atoms with van der Waals surface area (Å²) in [4.78, 5) is 18.2. The number of imidazole rings is 1. The number of aromatic amines is 1. The molecule has 0 bridgehead atoms. The van der Waals surface area contributed by atoms with Gasteiger partial charge in [0.05, 0.1) is 6.33 Å². The van der Waals surface area contributed by atoms with Crippen LogP contribution in [0.15, 0.2) is 12.7 Å². The van der Waals surface area contributed by atoms with E-state index in [1.165, 1.54) is 12.8 Å². The number of nitrogens with one attached hydrogen (secondary N) is 1. The highest BCUT2D eigenvalue weighted by Crippen LogP contribution is 2.27. The number of H-pyrrole nitrogens is 1. The normalized spacial score (nSPS) is 20.5. The fraction of sp³-hybridized carbons (Fsp3) is 0.583. The van der Waals surface area contributed by atoms with Crippen LogP contribution in [0.3, 0.4) is 0 Å². The molecule has 18 heavy (non-hydrogen) atoms. The summed E-state index contributed by atoms with van der Waals surface area (Å²) in [6.45, 7) is 2.07. The predicted octanol–water partition coefficient (Wildman–Crippen LogP) is 2.20. The molecule has 0 spiro atoms. The fourth-order valence-corrected chi connectivity index (χ4v) is 2.95. The summed E-state index contributed by atoms with van der Waals surface area (Å²) < 4.78 is 0. The van der Waals surface area contributed by atoms with Gasteiger partial charge < -0.3 is 9.88 Å². The van der Waals surface area contributed by atoms with Gasteiger partial charge in [0.1, 0.15) is 11.8 Å². The maximum absolute atomic E-state index is 5.85. The van der Waals surface area contributed by atoms with Crippen LogP contribution in [-0.4, -0.2) is 38.9 Å². The van der Waals surface area contributed by atoms with Crippen LogP contribution in [0.2, 0.25) is 0 Å². The van der Waals surface area contributed by atoms with Gasteiger partial charge in [0.2, 0.25) is 0 Å². The molecule has 1 aliphatic rings. The number of fused-ring (bicyclic) bond motifs is 1. The van der Waals surface area contributed by atoms with Gasteiger partial charge in [-0.05, 0) is 25.2 Å². The average Bonchev–Trinajstić information content (AvgIpc) is 2.87. The third-order valence-corrected chi connectivity index (χ3v) is 3.76. The van der Waals surface area contributed by atoms with Crippen molar-refractivity contribution < 1.29 is 0 Å². The number of anilines is 1. The largest absolute Gasteiger partial charge is 0.354 e. The van der Waals surface area contributed by atoms with Gasteiger partial charge in [0.25, 0.3) is 0 Å². The monoisotopic (exact) mass is 265 g/mol. The summed E-state index contributed by atoms with van der Waals surface area (Å²) in [6.07, 6.45) is 6.80. The zero-order valence-corrected chi connectivity index (χ0v) is 10.9. The summed E-state index contributed by atoms with van der Waals surface area (Å²) in [5.41, 5.74) is 1.67. The molecule has 1 atom stereocenters. The van der Waals surface area contributed by atoms with Gasteiger partial charge in [-0.1, -0.05) is 0 Å². The second kappa shape index (κ2) is 5.10. The molecule has 1 N–H and O–H groups in total. The van der Waals surface area contributed by atoms with E-state index in [9.17, 15) is 0 Å². The molecule has 0 radical (unpaired) electrons. The van der Waals surface area contributed by atoms with E-state index in [-0.39, 0.29) is 0 Å². The van der Waals surface area contributed by atoms with Crippen molar-refractivity contribution in [3.63, 3.8) is 0 Å². The quantitative estimate of drug-likeness (QED) is 0.865. The standard InChI is InChI=1S/C12H16ClN5/c13-4-3-9-2-1-5-18(6-9)12-10-11(15-7-14-10)16-8-17-12/h7-9H,1-6H2,(H,14,15,16,17). The Balaban J connectivity index is 1.87. The van der Waals surface area contributed by atoms with Crippen LogP contribution in [0, 0.1) is 5.92 Å². The van der Waals surface area contributed by atoms with Crippen molar-refractivity contribution >= 4 is 28.6 Å². The molecule has 2 aromatic rings. The molecular weight excluding hydrogens is 250 g/mol. The van der Waals surface area contributed by atoms with Crippen LogP contribution in [0.5, 0.6) is 0 Å². The third kappa shape index (κ3) is 2.14. The molecule has 3 rings (SSSR count). The second-order valence-corrected chi connectivity index (χ2v) is 5.11. The molecule has 1 fully saturated rings. The highest BCUT2D eigenvalue weighted by Gasteiger charge is 2.22. The molecular formula is C12H16ClN5. The van der Waals surface area contributed by atoms with Crippen LogP contribution in [0.4, 0.5) is 5.82 Å². The highest BCUT2D eigenvalue weighted by atomic mass is 35.5. The third-order valence-electron chi connectivity index (χ3n) is 3.54. The molecule has 1 saturated heterocycles. The van der Waals surface area contributed by atoms with Gasteiger partial charge in [-0.15, -0.1) is 11.6 Å². The Labute approximate surface area is 111 Å². The van der Waals surface area contributed by atoms with Gasteiger partial charge in [-0.2, -0.15) is 0 Å². The van der Waals surface area contributed by atoms with Crippen molar-refractivity contribution in [1.82, 2.24) is 19.9 Å². The lowest BCUT2D eigenvalue weighted by Gasteiger charge is -2.33. The first-order valence-corrected chi connectivity index (χ1v) is 6.87. The fourth-order valence-electron chi connectivity index (χ4n) is 2.64. The van der Waals surface area contributed by atoms with Crippen LogP contribution in [0.25, 0.3) is 11.2 Å². The summed E-state index contributed by atoms with van der Waals surface area (Å²) >= 11 is 5.85. The van der Waals surface area contributed by atoms with Gasteiger partial charge in [0.15, 0.2) is 11.5 Å². The van der Waals surface area contributed by atoms with Crippen molar-refractivity contribution in [2.24, 2.45) is 5.92 Å². The van der Waals surface area contributed by atoms with E-state index in [1.54, 1.807) is 12.7 Å². The van der Waals surface area contributed by atoms with Crippen molar-refractivity contribution in [2.75, 3.05) is 23.9 Å². The van der Waals surface area contributed by atoms with E-state index in [2.05, 4.69) is 24.8 Å². The van der Waals surface area contributed by atoms with Gasteiger partial charge >= 0.3 is 0 Å². The first-order valence-electron chi connectivity index (χ1n) is 6.33. The van der Waals surface area contributed by atoms with Crippen LogP contribution >= 0.6 is 11.6 Å². The lowest BCUT2D eigenvalue weighted by Crippen LogP contribution is -2.36. The maximum atomic E-state index is 5.85. The molecule has 1 aliphatic heterocycles. The first-order chi connectivity index (χ1) is 8.88. The minimum Gasteiger partial charge on any atom is -0.354 e. The molecule has 5 nitrogen and oxygen atoms in total. The Morgan fingerprint density at radius 1 is 1.39 bits per heavy atom. The SMILES string of the molecule is ClCCC1CCCN(c2ncnc3nc[nH]c23)C1. The van der Waals surface area contributed by atoms with E-state index in [0.29, 0.717) is 5.92 Å². The smallest absolute Gasteiger partial charge is 0.182 e. The van der Waals surface area contributed by atoms with Crippen molar-refractivity contribution in [3.8, 4) is 0 Å². The Morgan fingerprint density at radius 3 is 3.22 bits per heavy atom. The molecule has 1 unspecified atom stereocenters. The Hall–Kier alpha value is -1.36. The van der Waals surface area contributed by atoms with Gasteiger partial charge in [-0.25, -0.2) is 15.0 Å².